The summed E-state index contributed by atoms with van der Waals surface area (Å²) >= 11 is 0. The summed E-state index contributed by atoms with van der Waals surface area (Å²) in [5, 5.41) is 11.6. The zero-order valence-electron chi connectivity index (χ0n) is 20.6. The molecule has 2 aromatic heterocycles. The van der Waals surface area contributed by atoms with E-state index in [1.807, 2.05) is 30.9 Å². The number of anilines is 3. The molecule has 0 atom stereocenters. The summed E-state index contributed by atoms with van der Waals surface area (Å²) < 4.78 is 29.8. The van der Waals surface area contributed by atoms with E-state index in [2.05, 4.69) is 37.4 Å². The topological polar surface area (TPSA) is 87.1 Å². The molecule has 1 N–H and O–H groups in total. The molecule has 0 saturated carbocycles. The molecule has 0 bridgehead atoms. The molecule has 36 heavy (non-hydrogen) atoms. The molecule has 0 spiro atoms. The number of piperidine rings is 1. The van der Waals surface area contributed by atoms with Gasteiger partial charge in [-0.3, -0.25) is 4.79 Å². The van der Waals surface area contributed by atoms with Crippen molar-refractivity contribution in [1.29, 1.82) is 0 Å². The zero-order valence-corrected chi connectivity index (χ0v) is 20.6. The standard InChI is InChI=1S/C26H29F2N7O/c1-15(2)35-14-18(36)12-19-20(27)10-17(11-23(19)35)25-21(28)13-29-26(31-25)30-24-5-4-22(32-33-24)16-6-8-34(3)9-7-16/h4-5,10-11,13,15-16H,6-9,12,14H2,1-3H3,(H,29,30,31,33). The predicted octanol–water partition coefficient (Wildman–Crippen LogP) is 4.10. The van der Waals surface area contributed by atoms with E-state index in [9.17, 15) is 9.18 Å². The molecule has 1 aromatic carbocycles. The third kappa shape index (κ3) is 4.90. The Kier molecular flexibility index (Phi) is 6.61. The van der Waals surface area contributed by atoms with E-state index in [1.165, 1.54) is 6.07 Å². The van der Waals surface area contributed by atoms with Gasteiger partial charge in [-0.2, -0.15) is 5.10 Å². The maximum atomic E-state index is 15.0. The SMILES string of the molecule is CC(C)N1CC(=O)Cc2c(F)cc(-c3nc(Nc4ccc(C5CCN(C)CC5)nn4)ncc3F)cc21. The molecule has 188 valence electrons. The highest BCUT2D eigenvalue weighted by molar-refractivity contribution is 5.91. The number of fused-ring (bicyclic) bond motifs is 1. The van der Waals surface area contributed by atoms with Crippen molar-refractivity contribution in [1.82, 2.24) is 25.1 Å². The Morgan fingerprint density at radius 3 is 2.56 bits per heavy atom. The molecule has 2 aliphatic heterocycles. The predicted molar refractivity (Wildman–Crippen MR) is 133 cm³/mol. The third-order valence-electron chi connectivity index (χ3n) is 6.90. The lowest BCUT2D eigenvalue weighted by atomic mass is 9.94. The highest BCUT2D eigenvalue weighted by atomic mass is 19.1. The average molecular weight is 494 g/mol. The second kappa shape index (κ2) is 9.85. The minimum absolute atomic E-state index is 0.0220. The van der Waals surface area contributed by atoms with Crippen LogP contribution in [0.1, 0.15) is 43.9 Å². The van der Waals surface area contributed by atoms with Crippen molar-refractivity contribution in [3.05, 3.63) is 53.4 Å². The normalized spacial score (nSPS) is 16.9. The molecule has 5 rings (SSSR count). The molecular weight excluding hydrogens is 464 g/mol. The molecule has 0 unspecified atom stereocenters. The first-order valence-electron chi connectivity index (χ1n) is 12.2. The number of likely N-dealkylation sites (tertiary alicyclic amines) is 1. The second-order valence-electron chi connectivity index (χ2n) is 9.83. The number of ketones is 1. The van der Waals surface area contributed by atoms with Crippen LogP contribution in [0, 0.1) is 11.6 Å². The summed E-state index contributed by atoms with van der Waals surface area (Å²) in [6, 6.07) is 6.64. The van der Waals surface area contributed by atoms with Gasteiger partial charge in [0.15, 0.2) is 17.4 Å². The molecule has 0 radical (unpaired) electrons. The second-order valence-corrected chi connectivity index (χ2v) is 9.83. The number of benzene rings is 1. The molecule has 3 aromatic rings. The van der Waals surface area contributed by atoms with Gasteiger partial charge >= 0.3 is 0 Å². The minimum atomic E-state index is -0.674. The molecule has 4 heterocycles. The summed E-state index contributed by atoms with van der Waals surface area (Å²) in [5.41, 5.74) is 2.11. The molecule has 10 heteroatoms. The Balaban J connectivity index is 1.40. The first kappa shape index (κ1) is 24.2. The number of rotatable bonds is 5. The molecular formula is C26H29F2N7O. The van der Waals surface area contributed by atoms with E-state index in [0.29, 0.717) is 23.0 Å². The van der Waals surface area contributed by atoms with Crippen molar-refractivity contribution in [2.75, 3.05) is 36.9 Å². The number of nitrogens with zero attached hydrogens (tertiary/aromatic N) is 6. The summed E-state index contributed by atoms with van der Waals surface area (Å²) in [5.74, 6) is -0.329. The summed E-state index contributed by atoms with van der Waals surface area (Å²) in [6.07, 6.45) is 3.16. The molecule has 0 amide bonds. The lowest BCUT2D eigenvalue weighted by molar-refractivity contribution is -0.117. The Morgan fingerprint density at radius 1 is 1.08 bits per heavy atom. The Labute approximate surface area is 208 Å². The Hall–Kier alpha value is -3.53. The lowest BCUT2D eigenvalue weighted by Crippen LogP contribution is -2.40. The van der Waals surface area contributed by atoms with Gasteiger partial charge in [-0.05, 0) is 71.1 Å². The monoisotopic (exact) mass is 493 g/mol. The minimum Gasteiger partial charge on any atom is -0.361 e. The van der Waals surface area contributed by atoms with E-state index >= 15 is 4.39 Å². The van der Waals surface area contributed by atoms with E-state index in [4.69, 9.17) is 0 Å². The van der Waals surface area contributed by atoms with E-state index in [0.717, 1.165) is 37.8 Å². The summed E-state index contributed by atoms with van der Waals surface area (Å²) in [6.45, 7) is 6.12. The fraction of sp³-hybridized carbons (Fsp3) is 0.423. The molecule has 1 saturated heterocycles. The third-order valence-corrected chi connectivity index (χ3v) is 6.90. The Morgan fingerprint density at radius 2 is 1.86 bits per heavy atom. The van der Waals surface area contributed by atoms with Crippen molar-refractivity contribution in [3.63, 3.8) is 0 Å². The van der Waals surface area contributed by atoms with Crippen LogP contribution in [0.3, 0.4) is 0 Å². The van der Waals surface area contributed by atoms with Crippen LogP contribution in [0.25, 0.3) is 11.3 Å². The molecule has 0 aliphatic carbocycles. The van der Waals surface area contributed by atoms with Crippen molar-refractivity contribution < 1.29 is 13.6 Å². The van der Waals surface area contributed by atoms with Gasteiger partial charge in [0.2, 0.25) is 5.95 Å². The molecule has 8 nitrogen and oxygen atoms in total. The quantitative estimate of drug-likeness (QED) is 0.569. The van der Waals surface area contributed by atoms with Crippen LogP contribution < -0.4 is 10.2 Å². The van der Waals surface area contributed by atoms with Crippen LogP contribution in [0.4, 0.5) is 26.2 Å². The van der Waals surface area contributed by atoms with Crippen LogP contribution in [0.15, 0.2) is 30.5 Å². The number of nitrogens with one attached hydrogen (secondary N) is 1. The highest BCUT2D eigenvalue weighted by Gasteiger charge is 2.28. The van der Waals surface area contributed by atoms with Gasteiger partial charge in [0, 0.05) is 35.2 Å². The summed E-state index contributed by atoms with van der Waals surface area (Å²) in [4.78, 5) is 24.6. The van der Waals surface area contributed by atoms with Crippen LogP contribution >= 0.6 is 0 Å². The number of halogens is 2. The fourth-order valence-corrected chi connectivity index (χ4v) is 4.85. The van der Waals surface area contributed by atoms with Crippen LogP contribution in [0.5, 0.6) is 0 Å². The van der Waals surface area contributed by atoms with Gasteiger partial charge in [0.1, 0.15) is 11.5 Å². The van der Waals surface area contributed by atoms with Gasteiger partial charge in [-0.15, -0.1) is 5.10 Å². The van der Waals surface area contributed by atoms with Gasteiger partial charge in [0.25, 0.3) is 0 Å². The van der Waals surface area contributed by atoms with E-state index in [-0.39, 0.29) is 42.0 Å². The maximum absolute atomic E-state index is 15.0. The molecule has 1 fully saturated rings. The lowest BCUT2D eigenvalue weighted by Gasteiger charge is -2.34. The van der Waals surface area contributed by atoms with Crippen molar-refractivity contribution in [3.8, 4) is 11.3 Å². The Bertz CT molecular complexity index is 1270. The number of hydrogen-bond donors (Lipinski definition) is 1. The van der Waals surface area contributed by atoms with Crippen molar-refractivity contribution >= 4 is 23.2 Å². The van der Waals surface area contributed by atoms with E-state index < -0.39 is 11.6 Å². The van der Waals surface area contributed by atoms with Gasteiger partial charge in [0.05, 0.1) is 18.4 Å². The maximum Gasteiger partial charge on any atom is 0.229 e. The van der Waals surface area contributed by atoms with Crippen LogP contribution in [-0.4, -0.2) is 63.6 Å². The number of carbonyl (C=O) groups excluding carboxylic acids is 1. The van der Waals surface area contributed by atoms with Crippen LogP contribution in [-0.2, 0) is 11.2 Å². The number of carbonyl (C=O) groups is 1. The largest absolute Gasteiger partial charge is 0.361 e. The highest BCUT2D eigenvalue weighted by Crippen LogP contribution is 2.35. The average Bonchev–Trinajstić information content (AvgIpc) is 2.86. The van der Waals surface area contributed by atoms with E-state index in [1.54, 1.807) is 6.07 Å². The summed E-state index contributed by atoms with van der Waals surface area (Å²) in [7, 11) is 2.12. The van der Waals surface area contributed by atoms with Crippen LogP contribution in [0.2, 0.25) is 0 Å². The number of aromatic nitrogens is 4. The smallest absolute Gasteiger partial charge is 0.229 e. The van der Waals surface area contributed by atoms with Crippen molar-refractivity contribution in [2.24, 2.45) is 0 Å². The van der Waals surface area contributed by atoms with Gasteiger partial charge in [-0.25, -0.2) is 18.7 Å². The van der Waals surface area contributed by atoms with Crippen molar-refractivity contribution in [2.45, 2.75) is 45.1 Å². The fourth-order valence-electron chi connectivity index (χ4n) is 4.85. The first-order valence-corrected chi connectivity index (χ1v) is 12.2. The number of Topliss-reactive ketones (excluding diaryl/α,β-unsaturated/α-hetero) is 1. The van der Waals surface area contributed by atoms with Gasteiger partial charge < -0.3 is 15.1 Å². The first-order chi connectivity index (χ1) is 17.3. The molecule has 2 aliphatic rings. The zero-order chi connectivity index (χ0) is 25.4. The van der Waals surface area contributed by atoms with Gasteiger partial charge in [-0.1, -0.05) is 0 Å². The number of hydrogen-bond acceptors (Lipinski definition) is 8.